The summed E-state index contributed by atoms with van der Waals surface area (Å²) in [5, 5.41) is 10.7. The van der Waals surface area contributed by atoms with Crippen LogP contribution >= 0.6 is 0 Å². The molecule has 8 heteroatoms. The van der Waals surface area contributed by atoms with Crippen LogP contribution in [-0.2, 0) is 10.0 Å². The van der Waals surface area contributed by atoms with Gasteiger partial charge in [-0.25, -0.2) is 8.42 Å². The van der Waals surface area contributed by atoms with Gasteiger partial charge in [0.05, 0.1) is 36.0 Å². The summed E-state index contributed by atoms with van der Waals surface area (Å²) >= 11 is 0. The van der Waals surface area contributed by atoms with Gasteiger partial charge in [0.1, 0.15) is 6.04 Å². The molecule has 0 aromatic heterocycles. The number of non-ortho nitro benzene ring substituents is 1. The van der Waals surface area contributed by atoms with Crippen molar-refractivity contribution >= 4 is 15.7 Å². The van der Waals surface area contributed by atoms with Crippen LogP contribution in [-0.4, -0.2) is 43.8 Å². The largest absolute Gasteiger partial charge is 0.327 e. The maximum absolute atomic E-state index is 12.8. The molecule has 1 aliphatic rings. The van der Waals surface area contributed by atoms with Gasteiger partial charge in [0, 0.05) is 17.7 Å². The minimum absolute atomic E-state index is 0.0997. The van der Waals surface area contributed by atoms with Crippen molar-refractivity contribution in [3.63, 3.8) is 0 Å². The predicted octanol–water partition coefficient (Wildman–Crippen LogP) is 1.25. The maximum Gasteiger partial charge on any atom is 0.269 e. The molecular weight excluding hydrogens is 354 g/mol. The number of nitro benzene ring substituents is 1. The van der Waals surface area contributed by atoms with Gasteiger partial charge in [-0.1, -0.05) is 30.3 Å². The molecule has 2 aromatic carbocycles. The van der Waals surface area contributed by atoms with Crippen LogP contribution in [0.15, 0.2) is 59.5 Å². The molecule has 0 bridgehead atoms. The number of hydrogen-bond donors (Lipinski definition) is 1. The van der Waals surface area contributed by atoms with Gasteiger partial charge in [0.25, 0.3) is 5.69 Å². The predicted molar refractivity (Wildman–Crippen MR) is 97.4 cm³/mol. The minimum Gasteiger partial charge on any atom is -0.327 e. The van der Waals surface area contributed by atoms with Gasteiger partial charge < -0.3 is 4.90 Å². The molecule has 1 heterocycles. The van der Waals surface area contributed by atoms with Crippen molar-refractivity contribution < 1.29 is 18.2 Å². The Bertz CT molecular complexity index is 861. The molecule has 3 rings (SSSR count). The van der Waals surface area contributed by atoms with Gasteiger partial charge in [-0.2, -0.15) is 4.31 Å². The van der Waals surface area contributed by atoms with Crippen molar-refractivity contribution in [2.75, 3.05) is 26.2 Å². The van der Waals surface area contributed by atoms with Crippen LogP contribution in [0.3, 0.4) is 0 Å². The van der Waals surface area contributed by atoms with Gasteiger partial charge >= 0.3 is 0 Å². The second-order valence-corrected chi connectivity index (χ2v) is 8.38. The molecule has 0 saturated carbocycles. The van der Waals surface area contributed by atoms with Gasteiger partial charge in [0.2, 0.25) is 10.0 Å². The molecule has 1 saturated heterocycles. The lowest BCUT2D eigenvalue weighted by molar-refractivity contribution is -0.933. The number of nitrogens with zero attached hydrogens (tertiary/aromatic N) is 2. The summed E-state index contributed by atoms with van der Waals surface area (Å²) in [6.07, 6.45) is 0. The summed E-state index contributed by atoms with van der Waals surface area (Å²) < 4.78 is 27.0. The molecular formula is C18H22N3O4S+. The zero-order valence-electron chi connectivity index (χ0n) is 14.5. The molecule has 0 unspecified atom stereocenters. The molecule has 0 amide bonds. The Kier molecular flexibility index (Phi) is 5.36. The van der Waals surface area contributed by atoms with E-state index in [2.05, 4.69) is 19.1 Å². The fourth-order valence-corrected chi connectivity index (χ4v) is 4.75. The van der Waals surface area contributed by atoms with Crippen molar-refractivity contribution in [2.45, 2.75) is 17.9 Å². The highest BCUT2D eigenvalue weighted by atomic mass is 32.2. The Balaban J connectivity index is 1.67. The molecule has 1 fully saturated rings. The standard InChI is InChI=1S/C18H21N3O4S/c1-15(16-5-3-2-4-6-16)19-11-13-20(14-12-19)26(24,25)18-9-7-17(8-10-18)21(22)23/h2-10,15H,11-14H2,1H3/p+1/t15-/m0/s1. The first kappa shape index (κ1) is 18.5. The van der Waals surface area contributed by atoms with Gasteiger partial charge in [-0.05, 0) is 19.1 Å². The smallest absolute Gasteiger partial charge is 0.269 e. The number of hydrogen-bond acceptors (Lipinski definition) is 4. The number of piperazine rings is 1. The number of quaternary nitrogens is 1. The molecule has 0 radical (unpaired) electrons. The fourth-order valence-electron chi connectivity index (χ4n) is 3.31. The average Bonchev–Trinajstić information content (AvgIpc) is 2.68. The Hall–Kier alpha value is -2.29. The summed E-state index contributed by atoms with van der Waals surface area (Å²) in [5.74, 6) is 0. The van der Waals surface area contributed by atoms with Gasteiger partial charge in [-0.15, -0.1) is 0 Å². The summed E-state index contributed by atoms with van der Waals surface area (Å²) in [6, 6.07) is 15.6. The summed E-state index contributed by atoms with van der Waals surface area (Å²) in [7, 11) is -3.62. The number of nitro groups is 1. The highest BCUT2D eigenvalue weighted by Crippen LogP contribution is 2.20. The summed E-state index contributed by atoms with van der Waals surface area (Å²) in [5.41, 5.74) is 1.13. The molecule has 1 aliphatic heterocycles. The average molecular weight is 376 g/mol. The first-order valence-electron chi connectivity index (χ1n) is 8.54. The zero-order valence-corrected chi connectivity index (χ0v) is 15.4. The third-order valence-corrected chi connectivity index (χ3v) is 6.87. The van der Waals surface area contributed by atoms with E-state index in [4.69, 9.17) is 0 Å². The van der Waals surface area contributed by atoms with E-state index in [0.29, 0.717) is 19.1 Å². The van der Waals surface area contributed by atoms with Crippen molar-refractivity contribution in [2.24, 2.45) is 0 Å². The van der Waals surface area contributed by atoms with E-state index in [1.165, 1.54) is 39.0 Å². The van der Waals surface area contributed by atoms with Gasteiger partial charge in [0.15, 0.2) is 0 Å². The molecule has 138 valence electrons. The number of benzene rings is 2. The quantitative estimate of drug-likeness (QED) is 0.629. The van der Waals surface area contributed by atoms with Crippen LogP contribution in [0.5, 0.6) is 0 Å². The number of rotatable bonds is 5. The normalized spacial score (nSPS) is 17.7. The maximum atomic E-state index is 12.8. The highest BCUT2D eigenvalue weighted by Gasteiger charge is 2.32. The first-order chi connectivity index (χ1) is 12.4. The summed E-state index contributed by atoms with van der Waals surface area (Å²) in [6.45, 7) is 4.48. The molecule has 0 aliphatic carbocycles. The second-order valence-electron chi connectivity index (χ2n) is 6.45. The monoisotopic (exact) mass is 376 g/mol. The highest BCUT2D eigenvalue weighted by molar-refractivity contribution is 7.89. The third-order valence-electron chi connectivity index (χ3n) is 4.96. The Morgan fingerprint density at radius 2 is 1.62 bits per heavy atom. The summed E-state index contributed by atoms with van der Waals surface area (Å²) in [4.78, 5) is 11.6. The lowest BCUT2D eigenvalue weighted by atomic mass is 10.1. The Morgan fingerprint density at radius 3 is 2.15 bits per heavy atom. The van der Waals surface area contributed by atoms with Crippen LogP contribution in [0.2, 0.25) is 0 Å². The van der Waals surface area contributed by atoms with Crippen LogP contribution in [0.4, 0.5) is 5.69 Å². The Labute approximate surface area is 153 Å². The van der Waals surface area contributed by atoms with E-state index < -0.39 is 14.9 Å². The molecule has 0 spiro atoms. The van der Waals surface area contributed by atoms with E-state index in [1.807, 2.05) is 18.2 Å². The number of sulfonamides is 1. The van der Waals surface area contributed by atoms with E-state index in [-0.39, 0.29) is 10.6 Å². The van der Waals surface area contributed by atoms with E-state index in [9.17, 15) is 18.5 Å². The van der Waals surface area contributed by atoms with E-state index in [1.54, 1.807) is 0 Å². The van der Waals surface area contributed by atoms with Crippen molar-refractivity contribution in [3.05, 3.63) is 70.3 Å². The topological polar surface area (TPSA) is 85.0 Å². The van der Waals surface area contributed by atoms with E-state index in [0.717, 1.165) is 13.1 Å². The lowest BCUT2D eigenvalue weighted by Crippen LogP contribution is -3.14. The van der Waals surface area contributed by atoms with E-state index >= 15 is 0 Å². The number of nitrogens with one attached hydrogen (secondary N) is 1. The third kappa shape index (κ3) is 3.77. The SMILES string of the molecule is C[C@@H](c1ccccc1)[NH+]1CCN(S(=O)(=O)c2ccc([N+](=O)[O-])cc2)CC1. The van der Waals surface area contributed by atoms with Crippen LogP contribution in [0, 0.1) is 10.1 Å². The molecule has 1 atom stereocenters. The van der Waals surface area contributed by atoms with Crippen LogP contribution in [0.25, 0.3) is 0 Å². The van der Waals surface area contributed by atoms with Crippen molar-refractivity contribution in [1.29, 1.82) is 0 Å². The van der Waals surface area contributed by atoms with Crippen molar-refractivity contribution in [3.8, 4) is 0 Å². The molecule has 7 nitrogen and oxygen atoms in total. The fraction of sp³-hybridized carbons (Fsp3) is 0.333. The zero-order chi connectivity index (χ0) is 18.7. The van der Waals surface area contributed by atoms with Crippen LogP contribution < -0.4 is 4.90 Å². The minimum atomic E-state index is -3.62. The lowest BCUT2D eigenvalue weighted by Gasteiger charge is -2.34. The van der Waals surface area contributed by atoms with Gasteiger partial charge in [-0.3, -0.25) is 10.1 Å². The molecule has 2 aromatic rings. The Morgan fingerprint density at radius 1 is 1.04 bits per heavy atom. The molecule has 26 heavy (non-hydrogen) atoms. The van der Waals surface area contributed by atoms with Crippen molar-refractivity contribution in [1.82, 2.24) is 4.31 Å². The molecule has 1 N–H and O–H groups in total. The second kappa shape index (κ2) is 7.53. The first-order valence-corrected chi connectivity index (χ1v) is 9.98. The van der Waals surface area contributed by atoms with Crippen LogP contribution in [0.1, 0.15) is 18.5 Å².